The van der Waals surface area contributed by atoms with Crippen LogP contribution in [0.15, 0.2) is 146 Å². The maximum Gasteiger partial charge on any atom is 0.220 e. The number of hydrogen-bond acceptors (Lipinski definition) is 8. The Labute approximate surface area is 470 Å². The van der Waals surface area contributed by atoms with E-state index in [1.54, 1.807) is 6.08 Å². The summed E-state index contributed by atoms with van der Waals surface area (Å²) in [5, 5.41) is 54.5. The summed E-state index contributed by atoms with van der Waals surface area (Å²) in [6, 6.07) is -0.851. The zero-order valence-corrected chi connectivity index (χ0v) is 48.4. The molecule has 1 fully saturated rings. The smallest absolute Gasteiger partial charge is 0.220 e. The molecule has 0 aromatic carbocycles. The van der Waals surface area contributed by atoms with Crippen molar-refractivity contribution < 1.29 is 39.8 Å². The molecule has 1 saturated heterocycles. The van der Waals surface area contributed by atoms with E-state index in [-0.39, 0.29) is 12.5 Å². The highest BCUT2D eigenvalue weighted by atomic mass is 16.7. The lowest BCUT2D eigenvalue weighted by molar-refractivity contribution is -0.302. The van der Waals surface area contributed by atoms with Crippen LogP contribution in [0.5, 0.6) is 0 Å². The molecule has 1 aliphatic rings. The van der Waals surface area contributed by atoms with Gasteiger partial charge in [-0.25, -0.2) is 0 Å². The SMILES string of the molecule is CC/C=C\C/C=C\C/C=C\C/C=C\C/C=C\C/C=C\C/C=C\C/C=C\C/C=C\CCCCCCCC(=O)NC(COC1OC(CO)C(O)C(O)C1O)C(O)/C=C/CC/C=C/CC/C=C/CCCCCCCCCCCCC. The third-order valence-corrected chi connectivity index (χ3v) is 13.4. The van der Waals surface area contributed by atoms with Gasteiger partial charge in [-0.05, 0) is 116 Å². The Morgan fingerprint density at radius 1 is 0.455 bits per heavy atom. The normalized spacial score (nSPS) is 19.8. The summed E-state index contributed by atoms with van der Waals surface area (Å²) in [6.07, 6.45) is 79.1. The zero-order chi connectivity index (χ0) is 55.8. The highest BCUT2D eigenvalue weighted by Gasteiger charge is 2.44. The number of unbranched alkanes of at least 4 members (excludes halogenated alkanes) is 18. The van der Waals surface area contributed by atoms with Crippen LogP contribution in [0.3, 0.4) is 0 Å². The van der Waals surface area contributed by atoms with E-state index in [1.807, 2.05) is 6.08 Å². The van der Waals surface area contributed by atoms with Crippen molar-refractivity contribution in [1.29, 1.82) is 0 Å². The fraction of sp³-hybridized carbons (Fsp3) is 0.632. The standard InChI is InChI=1S/C68H111NO8/c1-3-5-7-9-11-13-15-17-19-21-23-25-26-27-28-29-30-31-32-33-34-35-36-38-40-42-44-46-48-50-52-54-56-58-64(72)69-61(60-76-68-67(75)66(74)65(73)63(59-70)77-68)62(71)57-55-53-51-49-47-45-43-41-39-37-24-22-20-18-16-14-12-10-8-6-4-2/h5,7,11,13,17,19,23,25,27-28,30-31,33-34,36,38-39,41-42,44,47,49,55,57,61-63,65-68,70-71,73-75H,3-4,6,8-10,12,14-16,18,20-22,24,26,29,32,35,37,40,43,45-46,48,50-54,56,58-60H2,1-2H3,(H,69,72)/b7-5-,13-11-,19-17-,25-23-,28-27-,31-30-,34-33-,38-36-,41-39+,44-42-,49-47+,57-55+. The minimum Gasteiger partial charge on any atom is -0.394 e. The van der Waals surface area contributed by atoms with Gasteiger partial charge in [0.25, 0.3) is 0 Å². The second kappa shape index (κ2) is 55.4. The van der Waals surface area contributed by atoms with E-state index in [2.05, 4.69) is 153 Å². The highest BCUT2D eigenvalue weighted by molar-refractivity contribution is 5.76. The van der Waals surface area contributed by atoms with Gasteiger partial charge < -0.3 is 40.3 Å². The molecule has 9 heteroatoms. The number of carbonyl (C=O) groups is 1. The first-order valence-electron chi connectivity index (χ1n) is 30.6. The Morgan fingerprint density at radius 3 is 1.25 bits per heavy atom. The number of aliphatic hydroxyl groups excluding tert-OH is 5. The first-order chi connectivity index (χ1) is 37.8. The summed E-state index contributed by atoms with van der Waals surface area (Å²) in [5.41, 5.74) is 0. The van der Waals surface area contributed by atoms with E-state index in [0.717, 1.165) is 122 Å². The van der Waals surface area contributed by atoms with Crippen molar-refractivity contribution in [3.63, 3.8) is 0 Å². The van der Waals surface area contributed by atoms with Crippen LogP contribution in [0.2, 0.25) is 0 Å². The van der Waals surface area contributed by atoms with Crippen molar-refractivity contribution in [2.24, 2.45) is 0 Å². The average Bonchev–Trinajstić information content (AvgIpc) is 3.43. The lowest BCUT2D eigenvalue weighted by Gasteiger charge is -2.40. The first-order valence-corrected chi connectivity index (χ1v) is 30.6. The molecule has 0 spiro atoms. The monoisotopic (exact) mass is 1070 g/mol. The average molecular weight is 1070 g/mol. The van der Waals surface area contributed by atoms with Gasteiger partial charge in [0.2, 0.25) is 5.91 Å². The van der Waals surface area contributed by atoms with Crippen molar-refractivity contribution in [3.05, 3.63) is 146 Å². The minimum absolute atomic E-state index is 0.216. The Balaban J connectivity index is 2.28. The molecule has 1 heterocycles. The second-order valence-corrected chi connectivity index (χ2v) is 20.4. The van der Waals surface area contributed by atoms with Crippen LogP contribution in [0, 0.1) is 0 Å². The molecule has 0 aromatic heterocycles. The molecule has 0 aromatic rings. The molecular weight excluding hydrogens is 959 g/mol. The van der Waals surface area contributed by atoms with E-state index in [1.165, 1.54) is 70.6 Å². The van der Waals surface area contributed by atoms with Gasteiger partial charge >= 0.3 is 0 Å². The van der Waals surface area contributed by atoms with Crippen molar-refractivity contribution in [1.82, 2.24) is 5.32 Å². The Bertz CT molecular complexity index is 1720. The molecule has 0 aliphatic carbocycles. The van der Waals surface area contributed by atoms with Gasteiger partial charge in [0.1, 0.15) is 24.4 Å². The Kier molecular flexibility index (Phi) is 51.1. The molecule has 77 heavy (non-hydrogen) atoms. The zero-order valence-electron chi connectivity index (χ0n) is 48.4. The lowest BCUT2D eigenvalue weighted by Crippen LogP contribution is -2.60. The molecule has 9 nitrogen and oxygen atoms in total. The van der Waals surface area contributed by atoms with Crippen molar-refractivity contribution in [2.75, 3.05) is 13.2 Å². The van der Waals surface area contributed by atoms with Gasteiger partial charge in [0.05, 0.1) is 25.4 Å². The molecule has 1 aliphatic heterocycles. The van der Waals surface area contributed by atoms with Gasteiger partial charge in [0, 0.05) is 6.42 Å². The second-order valence-electron chi connectivity index (χ2n) is 20.4. The van der Waals surface area contributed by atoms with Gasteiger partial charge in [-0.2, -0.15) is 0 Å². The fourth-order valence-electron chi connectivity index (χ4n) is 8.59. The molecular formula is C68H111NO8. The summed E-state index contributed by atoms with van der Waals surface area (Å²) in [5.74, 6) is -0.216. The van der Waals surface area contributed by atoms with Crippen LogP contribution in [-0.2, 0) is 14.3 Å². The number of aliphatic hydroxyl groups is 5. The quantitative estimate of drug-likeness (QED) is 0.0261. The van der Waals surface area contributed by atoms with E-state index in [0.29, 0.717) is 12.8 Å². The van der Waals surface area contributed by atoms with Crippen LogP contribution >= 0.6 is 0 Å². The van der Waals surface area contributed by atoms with E-state index < -0.39 is 49.5 Å². The number of amides is 1. The van der Waals surface area contributed by atoms with Crippen LogP contribution in [0.4, 0.5) is 0 Å². The van der Waals surface area contributed by atoms with Crippen LogP contribution in [0.1, 0.15) is 219 Å². The summed E-state index contributed by atoms with van der Waals surface area (Å²) in [6.45, 7) is 3.62. The molecule has 1 rings (SSSR count). The molecule has 0 radical (unpaired) electrons. The number of hydrogen-bond donors (Lipinski definition) is 6. The molecule has 7 unspecified atom stereocenters. The van der Waals surface area contributed by atoms with Crippen molar-refractivity contribution in [2.45, 2.75) is 262 Å². The Hall–Kier alpha value is -3.93. The van der Waals surface area contributed by atoms with E-state index in [4.69, 9.17) is 9.47 Å². The van der Waals surface area contributed by atoms with E-state index >= 15 is 0 Å². The minimum atomic E-state index is -1.59. The van der Waals surface area contributed by atoms with Crippen LogP contribution in [-0.4, -0.2) is 87.5 Å². The largest absolute Gasteiger partial charge is 0.394 e. The van der Waals surface area contributed by atoms with Crippen molar-refractivity contribution in [3.8, 4) is 0 Å². The molecule has 7 atom stereocenters. The summed E-state index contributed by atoms with van der Waals surface area (Å²) in [4.78, 5) is 13.1. The van der Waals surface area contributed by atoms with Crippen LogP contribution < -0.4 is 5.32 Å². The van der Waals surface area contributed by atoms with Gasteiger partial charge in [-0.3, -0.25) is 4.79 Å². The topological polar surface area (TPSA) is 149 Å². The number of allylic oxidation sites excluding steroid dienone is 23. The third kappa shape index (κ3) is 44.6. The number of nitrogens with one attached hydrogen (secondary N) is 1. The molecule has 436 valence electrons. The van der Waals surface area contributed by atoms with Gasteiger partial charge in [-0.15, -0.1) is 0 Å². The molecule has 0 saturated carbocycles. The first kappa shape index (κ1) is 71.1. The third-order valence-electron chi connectivity index (χ3n) is 13.4. The number of ether oxygens (including phenoxy) is 2. The van der Waals surface area contributed by atoms with Gasteiger partial charge in [-0.1, -0.05) is 243 Å². The summed E-state index contributed by atoms with van der Waals surface area (Å²) >= 11 is 0. The predicted molar refractivity (Wildman–Crippen MR) is 326 cm³/mol. The maximum absolute atomic E-state index is 13.1. The molecule has 1 amide bonds. The molecule has 0 bridgehead atoms. The van der Waals surface area contributed by atoms with Gasteiger partial charge in [0.15, 0.2) is 6.29 Å². The fourth-order valence-corrected chi connectivity index (χ4v) is 8.59. The summed E-state index contributed by atoms with van der Waals surface area (Å²) in [7, 11) is 0. The molecule has 6 N–H and O–H groups in total. The van der Waals surface area contributed by atoms with E-state index in [9.17, 15) is 30.3 Å². The number of carbonyl (C=O) groups excluding carboxylic acids is 1. The predicted octanol–water partition coefficient (Wildman–Crippen LogP) is 15.8. The van der Waals surface area contributed by atoms with Crippen molar-refractivity contribution >= 4 is 5.91 Å². The Morgan fingerprint density at radius 2 is 0.818 bits per heavy atom. The number of rotatable bonds is 50. The highest BCUT2D eigenvalue weighted by Crippen LogP contribution is 2.23. The lowest BCUT2D eigenvalue weighted by atomic mass is 9.99. The summed E-state index contributed by atoms with van der Waals surface area (Å²) < 4.78 is 11.2. The maximum atomic E-state index is 13.1. The van der Waals surface area contributed by atoms with Crippen LogP contribution in [0.25, 0.3) is 0 Å².